The van der Waals surface area contributed by atoms with E-state index in [4.69, 9.17) is 28.9 Å². The van der Waals surface area contributed by atoms with Crippen LogP contribution in [-0.4, -0.2) is 7.11 Å². The first-order valence-electron chi connectivity index (χ1n) is 3.67. The van der Waals surface area contributed by atoms with Crippen LogP contribution in [0.1, 0.15) is 5.56 Å². The minimum absolute atomic E-state index is 0.161. The molecule has 15 heavy (non-hydrogen) atoms. The molecule has 0 heterocycles. The molecule has 0 bridgehead atoms. The van der Waals surface area contributed by atoms with Crippen LogP contribution >= 0.6 is 23.2 Å². The fourth-order valence-corrected chi connectivity index (χ4v) is 1.67. The van der Waals surface area contributed by atoms with Crippen molar-refractivity contribution in [2.24, 2.45) is 0 Å². The van der Waals surface area contributed by atoms with Gasteiger partial charge in [-0.15, -0.1) is 0 Å². The van der Waals surface area contributed by atoms with E-state index in [9.17, 15) is 13.2 Å². The van der Waals surface area contributed by atoms with E-state index < -0.39 is 21.8 Å². The predicted molar refractivity (Wildman–Crippen MR) is 52.4 cm³/mol. The van der Waals surface area contributed by atoms with Crippen LogP contribution in [0.3, 0.4) is 0 Å². The van der Waals surface area contributed by atoms with E-state index in [1.54, 1.807) is 0 Å². The van der Waals surface area contributed by atoms with Gasteiger partial charge in [-0.2, -0.15) is 13.2 Å². The summed E-state index contributed by atoms with van der Waals surface area (Å²) in [5, 5.41) is -1.21. The second-order valence-corrected chi connectivity index (χ2v) is 3.42. The lowest BCUT2D eigenvalue weighted by molar-refractivity contribution is -0.137. The van der Waals surface area contributed by atoms with Crippen LogP contribution in [0.5, 0.6) is 5.75 Å². The molecular weight excluding hydrogens is 254 g/mol. The average Bonchev–Trinajstić information content (AvgIpc) is 2.09. The molecule has 0 aliphatic rings. The summed E-state index contributed by atoms with van der Waals surface area (Å²) in [6.07, 6.45) is -4.67. The first-order valence-corrected chi connectivity index (χ1v) is 4.43. The molecule has 2 N–H and O–H groups in total. The molecule has 0 aromatic heterocycles. The largest absolute Gasteiger partial charge is 0.495 e. The number of benzene rings is 1. The molecule has 0 unspecified atom stereocenters. The lowest BCUT2D eigenvalue weighted by Gasteiger charge is -2.15. The molecule has 1 rings (SSSR count). The van der Waals surface area contributed by atoms with Crippen LogP contribution in [0.4, 0.5) is 18.9 Å². The van der Waals surface area contributed by atoms with Gasteiger partial charge < -0.3 is 10.5 Å². The number of methoxy groups -OCH3 is 1. The number of halogens is 5. The van der Waals surface area contributed by atoms with Crippen molar-refractivity contribution in [3.05, 3.63) is 21.7 Å². The Morgan fingerprint density at radius 2 is 1.80 bits per heavy atom. The van der Waals surface area contributed by atoms with Crippen molar-refractivity contribution in [1.29, 1.82) is 0 Å². The van der Waals surface area contributed by atoms with Gasteiger partial charge in [0.25, 0.3) is 0 Å². The Bertz CT molecular complexity index is 392. The highest BCUT2D eigenvalue weighted by molar-refractivity contribution is 6.38. The number of rotatable bonds is 1. The average molecular weight is 260 g/mol. The van der Waals surface area contributed by atoms with Crippen molar-refractivity contribution in [2.75, 3.05) is 12.8 Å². The second kappa shape index (κ2) is 3.98. The molecule has 0 amide bonds. The molecule has 0 aliphatic carbocycles. The Balaban J connectivity index is 3.55. The van der Waals surface area contributed by atoms with Crippen molar-refractivity contribution >= 4 is 28.9 Å². The highest BCUT2D eigenvalue weighted by Gasteiger charge is 2.38. The topological polar surface area (TPSA) is 35.2 Å². The smallest absolute Gasteiger partial charge is 0.419 e. The summed E-state index contributed by atoms with van der Waals surface area (Å²) in [5.41, 5.74) is 3.88. The zero-order chi connectivity index (χ0) is 11.8. The summed E-state index contributed by atoms with van der Waals surface area (Å²) in [6, 6.07) is 1.14. The van der Waals surface area contributed by atoms with Crippen molar-refractivity contribution in [3.63, 3.8) is 0 Å². The third kappa shape index (κ3) is 2.23. The highest BCUT2D eigenvalue weighted by atomic mass is 35.5. The van der Waals surface area contributed by atoms with Gasteiger partial charge in [-0.05, 0) is 0 Å². The summed E-state index contributed by atoms with van der Waals surface area (Å²) >= 11 is 10.9. The van der Waals surface area contributed by atoms with E-state index in [-0.39, 0.29) is 11.4 Å². The maximum Gasteiger partial charge on any atom is 0.419 e. The predicted octanol–water partition coefficient (Wildman–Crippen LogP) is 3.60. The maximum absolute atomic E-state index is 12.5. The van der Waals surface area contributed by atoms with Gasteiger partial charge in [0.2, 0.25) is 0 Å². The molecule has 84 valence electrons. The molecule has 0 aliphatic heterocycles. The molecule has 7 heteroatoms. The number of hydrogen-bond acceptors (Lipinski definition) is 2. The molecule has 0 saturated heterocycles. The third-order valence-corrected chi connectivity index (χ3v) is 2.48. The summed E-state index contributed by atoms with van der Waals surface area (Å²) < 4.78 is 42.2. The number of ether oxygens (including phenoxy) is 1. The molecule has 0 radical (unpaired) electrons. The molecule has 0 saturated carbocycles. The van der Waals surface area contributed by atoms with Crippen molar-refractivity contribution < 1.29 is 17.9 Å². The van der Waals surface area contributed by atoms with Gasteiger partial charge in [0.15, 0.2) is 0 Å². The van der Waals surface area contributed by atoms with Crippen molar-refractivity contribution in [3.8, 4) is 5.75 Å². The van der Waals surface area contributed by atoms with E-state index in [1.807, 2.05) is 0 Å². The van der Waals surface area contributed by atoms with Crippen molar-refractivity contribution in [2.45, 2.75) is 6.18 Å². The highest BCUT2D eigenvalue weighted by Crippen LogP contribution is 2.46. The number of anilines is 1. The Morgan fingerprint density at radius 3 is 2.20 bits per heavy atom. The molecule has 0 atom stereocenters. The lowest BCUT2D eigenvalue weighted by Crippen LogP contribution is -2.09. The van der Waals surface area contributed by atoms with Crippen LogP contribution in [0, 0.1) is 0 Å². The lowest BCUT2D eigenvalue weighted by atomic mass is 10.1. The zero-order valence-corrected chi connectivity index (χ0v) is 8.96. The van der Waals surface area contributed by atoms with Gasteiger partial charge in [0, 0.05) is 6.07 Å². The maximum atomic E-state index is 12.5. The van der Waals surface area contributed by atoms with Gasteiger partial charge in [-0.3, -0.25) is 0 Å². The number of alkyl halides is 3. The Kier molecular flexibility index (Phi) is 3.25. The van der Waals surface area contributed by atoms with Crippen molar-refractivity contribution in [1.82, 2.24) is 0 Å². The number of hydrogen-bond donors (Lipinski definition) is 1. The van der Waals surface area contributed by atoms with E-state index in [1.165, 1.54) is 7.11 Å². The quantitative estimate of drug-likeness (QED) is 0.783. The Labute approximate surface area is 93.7 Å². The summed E-state index contributed by atoms with van der Waals surface area (Å²) in [6.45, 7) is 0. The van der Waals surface area contributed by atoms with Crippen LogP contribution < -0.4 is 10.5 Å². The fraction of sp³-hybridized carbons (Fsp3) is 0.250. The van der Waals surface area contributed by atoms with E-state index in [0.29, 0.717) is 0 Å². The molecule has 0 spiro atoms. The van der Waals surface area contributed by atoms with Gasteiger partial charge in [0.05, 0.1) is 28.4 Å². The molecule has 0 fully saturated rings. The zero-order valence-electron chi connectivity index (χ0n) is 7.45. The molecular formula is C8H6Cl2F3NO. The first kappa shape index (κ1) is 12.3. The minimum atomic E-state index is -4.67. The molecule has 1 aromatic rings. The van der Waals surface area contributed by atoms with E-state index in [0.717, 1.165) is 6.07 Å². The van der Waals surface area contributed by atoms with Gasteiger partial charge in [-0.1, -0.05) is 23.2 Å². The van der Waals surface area contributed by atoms with E-state index >= 15 is 0 Å². The van der Waals surface area contributed by atoms with Crippen LogP contribution in [0.25, 0.3) is 0 Å². The summed E-state index contributed by atoms with van der Waals surface area (Å²) in [4.78, 5) is 0. The fourth-order valence-electron chi connectivity index (χ4n) is 1.03. The Hall–Kier alpha value is -0.810. The first-order chi connectivity index (χ1) is 6.79. The molecule has 2 nitrogen and oxygen atoms in total. The number of nitrogens with two attached hydrogens (primary N) is 1. The normalized spacial score (nSPS) is 11.6. The number of nitrogen functional groups attached to an aromatic ring is 1. The third-order valence-electron chi connectivity index (χ3n) is 1.70. The Morgan fingerprint density at radius 1 is 1.27 bits per heavy atom. The summed E-state index contributed by atoms with van der Waals surface area (Å²) in [7, 11) is 1.19. The molecule has 1 aromatic carbocycles. The van der Waals surface area contributed by atoms with Crippen LogP contribution in [0.15, 0.2) is 6.07 Å². The second-order valence-electron chi connectivity index (χ2n) is 2.67. The SMILES string of the molecule is COc1cc(N)c(Cl)c(C(F)(F)F)c1Cl. The van der Waals surface area contributed by atoms with Crippen LogP contribution in [0.2, 0.25) is 10.0 Å². The van der Waals surface area contributed by atoms with E-state index in [2.05, 4.69) is 4.74 Å². The standard InChI is InChI=1S/C8H6Cl2F3NO/c1-15-4-2-3(14)6(9)5(7(4)10)8(11,12)13/h2H,14H2,1H3. The summed E-state index contributed by atoms with van der Waals surface area (Å²) in [5.74, 6) is -0.161. The van der Waals surface area contributed by atoms with Gasteiger partial charge in [0.1, 0.15) is 5.75 Å². The van der Waals surface area contributed by atoms with Gasteiger partial charge in [-0.25, -0.2) is 0 Å². The van der Waals surface area contributed by atoms with Crippen LogP contribution in [-0.2, 0) is 6.18 Å². The van der Waals surface area contributed by atoms with Gasteiger partial charge >= 0.3 is 6.18 Å². The monoisotopic (exact) mass is 259 g/mol. The minimum Gasteiger partial charge on any atom is -0.495 e.